The van der Waals surface area contributed by atoms with E-state index in [1.54, 1.807) is 10.9 Å². The molecule has 1 heterocycles. The van der Waals surface area contributed by atoms with Crippen LogP contribution in [0, 0.1) is 5.82 Å². The number of hydrogen-bond donors (Lipinski definition) is 1. The zero-order valence-electron chi connectivity index (χ0n) is 11.1. The van der Waals surface area contributed by atoms with E-state index in [9.17, 15) is 9.18 Å². The molecular formula is C14H13ClFN3O2. The van der Waals surface area contributed by atoms with Gasteiger partial charge in [-0.3, -0.25) is 9.48 Å². The van der Waals surface area contributed by atoms with Crippen molar-refractivity contribution in [3.63, 3.8) is 0 Å². The summed E-state index contributed by atoms with van der Waals surface area (Å²) in [4.78, 5) is 11.0. The molecular weight excluding hydrogens is 297 g/mol. The van der Waals surface area contributed by atoms with Gasteiger partial charge in [-0.15, -0.1) is 0 Å². The summed E-state index contributed by atoms with van der Waals surface area (Å²) in [5, 5.41) is 4.32. The molecule has 0 radical (unpaired) electrons. The maximum atomic E-state index is 13.1. The second kappa shape index (κ2) is 6.41. The van der Waals surface area contributed by atoms with Crippen molar-refractivity contribution in [1.29, 1.82) is 0 Å². The number of aromatic nitrogens is 2. The molecule has 0 aliphatic heterocycles. The number of ether oxygens (including phenoxy) is 1. The molecule has 2 rings (SSSR count). The Labute approximate surface area is 125 Å². The van der Waals surface area contributed by atoms with Crippen molar-refractivity contribution in [1.82, 2.24) is 9.78 Å². The number of primary amides is 1. The highest BCUT2D eigenvalue weighted by Gasteiger charge is 2.08. The molecule has 0 bridgehead atoms. The van der Waals surface area contributed by atoms with Crippen molar-refractivity contribution in [3.05, 3.63) is 53.6 Å². The van der Waals surface area contributed by atoms with Crippen LogP contribution in [0.1, 0.15) is 5.56 Å². The van der Waals surface area contributed by atoms with Gasteiger partial charge in [0.15, 0.2) is 0 Å². The van der Waals surface area contributed by atoms with Gasteiger partial charge in [0, 0.05) is 28.4 Å². The van der Waals surface area contributed by atoms with Gasteiger partial charge in [0.05, 0.1) is 12.7 Å². The molecule has 0 spiro atoms. The maximum absolute atomic E-state index is 13.1. The van der Waals surface area contributed by atoms with Crippen molar-refractivity contribution < 1.29 is 13.9 Å². The molecule has 0 fully saturated rings. The molecule has 0 saturated heterocycles. The Kier molecular flexibility index (Phi) is 4.59. The Hall–Kier alpha value is -2.34. The van der Waals surface area contributed by atoms with Crippen molar-refractivity contribution in [3.8, 4) is 5.75 Å². The molecule has 5 nitrogen and oxygen atoms in total. The standard InChI is InChI=1S/C14H13ClFN3O2/c1-9(14(17)20)10-7-18-19(8-10)2-3-21-13-5-11(15)4-12(16)6-13/h4-8H,1-3H2,(H2,17,20). The monoisotopic (exact) mass is 309 g/mol. The molecule has 0 atom stereocenters. The van der Waals surface area contributed by atoms with Crippen LogP contribution in [-0.4, -0.2) is 22.3 Å². The lowest BCUT2D eigenvalue weighted by Crippen LogP contribution is -2.11. The molecule has 110 valence electrons. The average molecular weight is 310 g/mol. The molecule has 2 aromatic rings. The first-order valence-electron chi connectivity index (χ1n) is 6.06. The number of hydrogen-bond acceptors (Lipinski definition) is 3. The van der Waals surface area contributed by atoms with Gasteiger partial charge in [-0.25, -0.2) is 4.39 Å². The van der Waals surface area contributed by atoms with E-state index in [1.807, 2.05) is 0 Å². The summed E-state index contributed by atoms with van der Waals surface area (Å²) in [6.07, 6.45) is 3.13. The third kappa shape index (κ3) is 4.06. The van der Waals surface area contributed by atoms with Gasteiger partial charge in [-0.05, 0) is 12.1 Å². The molecule has 21 heavy (non-hydrogen) atoms. The van der Waals surface area contributed by atoms with Crippen molar-refractivity contribution in [2.75, 3.05) is 6.61 Å². The lowest BCUT2D eigenvalue weighted by Gasteiger charge is -2.07. The lowest BCUT2D eigenvalue weighted by molar-refractivity contribution is -0.112. The molecule has 0 saturated carbocycles. The third-order valence-electron chi connectivity index (χ3n) is 2.70. The quantitative estimate of drug-likeness (QED) is 0.832. The smallest absolute Gasteiger partial charge is 0.248 e. The van der Waals surface area contributed by atoms with Crippen LogP contribution in [-0.2, 0) is 11.3 Å². The summed E-state index contributed by atoms with van der Waals surface area (Å²) in [5.74, 6) is -0.717. The molecule has 0 unspecified atom stereocenters. The van der Waals surface area contributed by atoms with Gasteiger partial charge in [0.1, 0.15) is 18.2 Å². The van der Waals surface area contributed by atoms with E-state index in [0.29, 0.717) is 17.9 Å². The van der Waals surface area contributed by atoms with Gasteiger partial charge in [-0.2, -0.15) is 5.10 Å². The molecule has 1 aromatic heterocycles. The number of halogens is 2. The largest absolute Gasteiger partial charge is 0.492 e. The minimum Gasteiger partial charge on any atom is -0.492 e. The SMILES string of the molecule is C=C(C(N)=O)c1cnn(CCOc2cc(F)cc(Cl)c2)c1. The lowest BCUT2D eigenvalue weighted by atomic mass is 10.2. The maximum Gasteiger partial charge on any atom is 0.248 e. The number of carbonyl (C=O) groups excluding carboxylic acids is 1. The fourth-order valence-electron chi connectivity index (χ4n) is 1.65. The minimum atomic E-state index is -0.597. The second-order valence-electron chi connectivity index (χ2n) is 4.29. The van der Waals surface area contributed by atoms with Gasteiger partial charge < -0.3 is 10.5 Å². The Morgan fingerprint density at radius 1 is 1.48 bits per heavy atom. The Morgan fingerprint density at radius 3 is 2.90 bits per heavy atom. The van der Waals surface area contributed by atoms with E-state index in [-0.39, 0.29) is 17.2 Å². The van der Waals surface area contributed by atoms with Gasteiger partial charge in [-0.1, -0.05) is 18.2 Å². The summed E-state index contributed by atoms with van der Waals surface area (Å²) in [6, 6.07) is 3.97. The van der Waals surface area contributed by atoms with E-state index in [4.69, 9.17) is 22.1 Å². The van der Waals surface area contributed by atoms with E-state index >= 15 is 0 Å². The fraction of sp³-hybridized carbons (Fsp3) is 0.143. The number of nitrogens with two attached hydrogens (primary N) is 1. The molecule has 0 aliphatic carbocycles. The highest BCUT2D eigenvalue weighted by Crippen LogP contribution is 2.20. The van der Waals surface area contributed by atoms with Crippen LogP contribution in [0.15, 0.2) is 37.2 Å². The van der Waals surface area contributed by atoms with Crippen LogP contribution in [0.5, 0.6) is 5.75 Å². The minimum absolute atomic E-state index is 0.194. The summed E-state index contributed by atoms with van der Waals surface area (Å²) >= 11 is 5.72. The van der Waals surface area contributed by atoms with Gasteiger partial charge in [0.25, 0.3) is 0 Å². The normalized spacial score (nSPS) is 10.4. The number of rotatable bonds is 6. The summed E-state index contributed by atoms with van der Waals surface area (Å²) < 4.78 is 20.1. The van der Waals surface area contributed by atoms with Crippen LogP contribution in [0.4, 0.5) is 4.39 Å². The van der Waals surface area contributed by atoms with E-state index < -0.39 is 11.7 Å². The average Bonchev–Trinajstić information content (AvgIpc) is 2.85. The highest BCUT2D eigenvalue weighted by atomic mass is 35.5. The first kappa shape index (κ1) is 15.1. The van der Waals surface area contributed by atoms with Crippen LogP contribution in [0.25, 0.3) is 5.57 Å². The second-order valence-corrected chi connectivity index (χ2v) is 4.72. The predicted octanol–water partition coefficient (Wildman–Crippen LogP) is 2.25. The number of benzene rings is 1. The highest BCUT2D eigenvalue weighted by molar-refractivity contribution is 6.30. The molecule has 1 amide bonds. The van der Waals surface area contributed by atoms with E-state index in [0.717, 1.165) is 0 Å². The van der Waals surface area contributed by atoms with Crippen molar-refractivity contribution in [2.45, 2.75) is 6.54 Å². The first-order chi connectivity index (χ1) is 9.95. The Morgan fingerprint density at radius 2 is 2.24 bits per heavy atom. The van der Waals surface area contributed by atoms with Crippen LogP contribution in [0.3, 0.4) is 0 Å². The van der Waals surface area contributed by atoms with E-state index in [1.165, 1.54) is 24.4 Å². The fourth-order valence-corrected chi connectivity index (χ4v) is 1.86. The summed E-state index contributed by atoms with van der Waals surface area (Å²) in [7, 11) is 0. The van der Waals surface area contributed by atoms with Crippen molar-refractivity contribution >= 4 is 23.1 Å². The van der Waals surface area contributed by atoms with Gasteiger partial charge in [0.2, 0.25) is 5.91 Å². The molecule has 2 N–H and O–H groups in total. The summed E-state index contributed by atoms with van der Waals surface area (Å²) in [5.41, 5.74) is 5.88. The third-order valence-corrected chi connectivity index (χ3v) is 2.92. The molecule has 0 aliphatic rings. The molecule has 1 aromatic carbocycles. The Balaban J connectivity index is 1.92. The zero-order valence-corrected chi connectivity index (χ0v) is 11.8. The predicted molar refractivity (Wildman–Crippen MR) is 77.4 cm³/mol. The van der Waals surface area contributed by atoms with Gasteiger partial charge >= 0.3 is 0 Å². The topological polar surface area (TPSA) is 70.1 Å². The molecule has 7 heteroatoms. The Bertz CT molecular complexity index is 664. The summed E-state index contributed by atoms with van der Waals surface area (Å²) in [6.45, 7) is 4.25. The van der Waals surface area contributed by atoms with Crippen molar-refractivity contribution in [2.24, 2.45) is 5.73 Å². The number of nitrogens with zero attached hydrogens (tertiary/aromatic N) is 2. The zero-order chi connectivity index (χ0) is 15.4. The van der Waals surface area contributed by atoms with Crippen LogP contribution >= 0.6 is 11.6 Å². The van der Waals surface area contributed by atoms with E-state index in [2.05, 4.69) is 11.7 Å². The van der Waals surface area contributed by atoms with Crippen LogP contribution in [0.2, 0.25) is 5.02 Å². The number of amides is 1. The first-order valence-corrected chi connectivity index (χ1v) is 6.44. The van der Waals surface area contributed by atoms with Crippen LogP contribution < -0.4 is 10.5 Å². The number of carbonyl (C=O) groups is 1.